The molecule has 3 rings (SSSR count). The van der Waals surface area contributed by atoms with E-state index in [1.165, 1.54) is 0 Å². The SMILES string of the molecule is CC[C@H]1CN(C(=O)[C@H]2CC(=O)N(Cc3ccc(OC)cc3)C2)CCO1. The van der Waals surface area contributed by atoms with Gasteiger partial charge in [0, 0.05) is 32.6 Å². The van der Waals surface area contributed by atoms with Gasteiger partial charge in [0.1, 0.15) is 5.75 Å². The van der Waals surface area contributed by atoms with Crippen LogP contribution in [0, 0.1) is 5.92 Å². The minimum Gasteiger partial charge on any atom is -0.497 e. The van der Waals surface area contributed by atoms with Crippen LogP contribution in [0.2, 0.25) is 0 Å². The third-order valence-electron chi connectivity index (χ3n) is 5.00. The van der Waals surface area contributed by atoms with Gasteiger partial charge < -0.3 is 19.3 Å². The van der Waals surface area contributed by atoms with Crippen molar-refractivity contribution in [2.75, 3.05) is 33.4 Å². The van der Waals surface area contributed by atoms with Gasteiger partial charge in [-0.2, -0.15) is 0 Å². The maximum Gasteiger partial charge on any atom is 0.228 e. The van der Waals surface area contributed by atoms with Crippen LogP contribution in [0.25, 0.3) is 0 Å². The van der Waals surface area contributed by atoms with Gasteiger partial charge in [-0.3, -0.25) is 9.59 Å². The predicted molar refractivity (Wildman–Crippen MR) is 93.1 cm³/mol. The molecular weight excluding hydrogens is 320 g/mol. The van der Waals surface area contributed by atoms with Crippen molar-refractivity contribution >= 4 is 11.8 Å². The number of benzene rings is 1. The second kappa shape index (κ2) is 7.87. The molecule has 2 atom stereocenters. The first-order valence-corrected chi connectivity index (χ1v) is 8.91. The molecule has 136 valence electrons. The van der Waals surface area contributed by atoms with Crippen molar-refractivity contribution in [1.82, 2.24) is 9.80 Å². The zero-order chi connectivity index (χ0) is 17.8. The average molecular weight is 346 g/mol. The minimum absolute atomic E-state index is 0.0504. The summed E-state index contributed by atoms with van der Waals surface area (Å²) in [4.78, 5) is 28.7. The van der Waals surface area contributed by atoms with E-state index in [1.807, 2.05) is 29.2 Å². The number of rotatable bonds is 5. The van der Waals surface area contributed by atoms with Crippen molar-refractivity contribution in [2.45, 2.75) is 32.4 Å². The van der Waals surface area contributed by atoms with Crippen LogP contribution in [-0.2, 0) is 20.9 Å². The summed E-state index contributed by atoms with van der Waals surface area (Å²) >= 11 is 0. The van der Waals surface area contributed by atoms with Crippen LogP contribution < -0.4 is 4.74 Å². The lowest BCUT2D eigenvalue weighted by Gasteiger charge is -2.34. The Morgan fingerprint density at radius 2 is 2.04 bits per heavy atom. The third kappa shape index (κ3) is 4.12. The Balaban J connectivity index is 1.58. The van der Waals surface area contributed by atoms with E-state index < -0.39 is 0 Å². The number of nitrogens with zero attached hydrogens (tertiary/aromatic N) is 2. The molecule has 0 N–H and O–H groups in total. The van der Waals surface area contributed by atoms with Gasteiger partial charge >= 0.3 is 0 Å². The van der Waals surface area contributed by atoms with E-state index in [0.29, 0.717) is 39.2 Å². The number of hydrogen-bond acceptors (Lipinski definition) is 4. The summed E-state index contributed by atoms with van der Waals surface area (Å²) in [6.07, 6.45) is 1.32. The highest BCUT2D eigenvalue weighted by molar-refractivity contribution is 5.89. The van der Waals surface area contributed by atoms with Crippen molar-refractivity contribution in [3.63, 3.8) is 0 Å². The molecule has 2 heterocycles. The summed E-state index contributed by atoms with van der Waals surface area (Å²) in [5, 5.41) is 0. The summed E-state index contributed by atoms with van der Waals surface area (Å²) in [6.45, 7) is 4.94. The number of likely N-dealkylation sites (tertiary alicyclic amines) is 1. The fourth-order valence-electron chi connectivity index (χ4n) is 3.47. The van der Waals surface area contributed by atoms with Crippen LogP contribution in [0.5, 0.6) is 5.75 Å². The van der Waals surface area contributed by atoms with Crippen LogP contribution in [-0.4, -0.2) is 61.1 Å². The van der Waals surface area contributed by atoms with Gasteiger partial charge in [-0.1, -0.05) is 19.1 Å². The molecule has 25 heavy (non-hydrogen) atoms. The standard InChI is InChI=1S/C19H26N2O4/c1-3-16-13-20(8-9-25-16)19(23)15-10-18(22)21(12-15)11-14-4-6-17(24-2)7-5-14/h4-7,15-16H,3,8-13H2,1-2H3/t15-,16-/m0/s1. The molecule has 0 aromatic heterocycles. The molecule has 6 nitrogen and oxygen atoms in total. The van der Waals surface area contributed by atoms with Crippen molar-refractivity contribution in [2.24, 2.45) is 5.92 Å². The fourth-order valence-corrected chi connectivity index (χ4v) is 3.47. The van der Waals surface area contributed by atoms with E-state index in [4.69, 9.17) is 9.47 Å². The monoisotopic (exact) mass is 346 g/mol. The molecule has 6 heteroatoms. The van der Waals surface area contributed by atoms with E-state index in [2.05, 4.69) is 6.92 Å². The molecular formula is C19H26N2O4. The molecule has 2 saturated heterocycles. The first kappa shape index (κ1) is 17.7. The third-order valence-corrected chi connectivity index (χ3v) is 5.00. The molecule has 0 spiro atoms. The van der Waals surface area contributed by atoms with Crippen LogP contribution in [0.3, 0.4) is 0 Å². The average Bonchev–Trinajstić information content (AvgIpc) is 3.02. The van der Waals surface area contributed by atoms with Gasteiger partial charge in [0.05, 0.1) is 25.7 Å². The van der Waals surface area contributed by atoms with Crippen LogP contribution in [0.15, 0.2) is 24.3 Å². The fraction of sp³-hybridized carbons (Fsp3) is 0.579. The Hall–Kier alpha value is -2.08. The Kier molecular flexibility index (Phi) is 5.58. The van der Waals surface area contributed by atoms with Crippen LogP contribution >= 0.6 is 0 Å². The predicted octanol–water partition coefficient (Wildman–Crippen LogP) is 1.68. The molecule has 2 fully saturated rings. The van der Waals surface area contributed by atoms with E-state index in [1.54, 1.807) is 12.0 Å². The summed E-state index contributed by atoms with van der Waals surface area (Å²) in [5.74, 6) is 0.700. The zero-order valence-corrected chi connectivity index (χ0v) is 14.9. The number of carbonyl (C=O) groups excluding carboxylic acids is 2. The highest BCUT2D eigenvalue weighted by Gasteiger charge is 2.37. The van der Waals surface area contributed by atoms with E-state index in [-0.39, 0.29) is 23.8 Å². The van der Waals surface area contributed by atoms with Crippen molar-refractivity contribution in [3.8, 4) is 5.75 Å². The van der Waals surface area contributed by atoms with Crippen molar-refractivity contribution < 1.29 is 19.1 Å². The number of amides is 2. The Labute approximate surface area is 148 Å². The first-order valence-electron chi connectivity index (χ1n) is 8.91. The van der Waals surface area contributed by atoms with Gasteiger partial charge in [0.15, 0.2) is 0 Å². The number of methoxy groups -OCH3 is 1. The molecule has 2 amide bonds. The van der Waals surface area contributed by atoms with Gasteiger partial charge in [-0.05, 0) is 24.1 Å². The van der Waals surface area contributed by atoms with E-state index in [0.717, 1.165) is 17.7 Å². The van der Waals surface area contributed by atoms with Crippen molar-refractivity contribution in [3.05, 3.63) is 29.8 Å². The van der Waals surface area contributed by atoms with E-state index >= 15 is 0 Å². The zero-order valence-electron chi connectivity index (χ0n) is 14.9. The molecule has 0 saturated carbocycles. The molecule has 2 aliphatic heterocycles. The molecule has 1 aromatic carbocycles. The molecule has 0 unspecified atom stereocenters. The minimum atomic E-state index is -0.235. The molecule has 2 aliphatic rings. The Morgan fingerprint density at radius 1 is 1.28 bits per heavy atom. The maximum absolute atomic E-state index is 12.8. The molecule has 0 aliphatic carbocycles. The van der Waals surface area contributed by atoms with Gasteiger partial charge in [0.25, 0.3) is 0 Å². The van der Waals surface area contributed by atoms with Gasteiger partial charge in [-0.15, -0.1) is 0 Å². The first-order chi connectivity index (χ1) is 12.1. The van der Waals surface area contributed by atoms with Gasteiger partial charge in [-0.25, -0.2) is 0 Å². The number of ether oxygens (including phenoxy) is 2. The maximum atomic E-state index is 12.8. The summed E-state index contributed by atoms with van der Waals surface area (Å²) in [5.41, 5.74) is 1.04. The molecule has 1 aromatic rings. The Bertz CT molecular complexity index is 616. The molecule has 0 bridgehead atoms. The normalized spacial score (nSPS) is 23.8. The smallest absolute Gasteiger partial charge is 0.228 e. The Morgan fingerprint density at radius 3 is 2.72 bits per heavy atom. The summed E-state index contributed by atoms with van der Waals surface area (Å²) < 4.78 is 10.8. The number of hydrogen-bond donors (Lipinski definition) is 0. The number of carbonyl (C=O) groups is 2. The topological polar surface area (TPSA) is 59.1 Å². The van der Waals surface area contributed by atoms with Crippen LogP contribution in [0.4, 0.5) is 0 Å². The molecule has 0 radical (unpaired) electrons. The quantitative estimate of drug-likeness (QED) is 0.814. The lowest BCUT2D eigenvalue weighted by molar-refractivity contribution is -0.143. The summed E-state index contributed by atoms with van der Waals surface area (Å²) in [7, 11) is 1.63. The second-order valence-corrected chi connectivity index (χ2v) is 6.71. The second-order valence-electron chi connectivity index (χ2n) is 6.71. The number of morpholine rings is 1. The lowest BCUT2D eigenvalue weighted by atomic mass is 10.1. The van der Waals surface area contributed by atoms with Crippen LogP contribution in [0.1, 0.15) is 25.3 Å². The highest BCUT2D eigenvalue weighted by Crippen LogP contribution is 2.24. The summed E-state index contributed by atoms with van der Waals surface area (Å²) in [6, 6.07) is 7.68. The van der Waals surface area contributed by atoms with Gasteiger partial charge in [0.2, 0.25) is 11.8 Å². The highest BCUT2D eigenvalue weighted by atomic mass is 16.5. The lowest BCUT2D eigenvalue weighted by Crippen LogP contribution is -2.48. The van der Waals surface area contributed by atoms with E-state index in [9.17, 15) is 9.59 Å². The largest absolute Gasteiger partial charge is 0.497 e. The van der Waals surface area contributed by atoms with Crippen molar-refractivity contribution in [1.29, 1.82) is 0 Å².